The first-order valence-corrected chi connectivity index (χ1v) is 16.2. The van der Waals surface area contributed by atoms with Crippen LogP contribution in [0.3, 0.4) is 0 Å². The number of nitrogens with one attached hydrogen (secondary N) is 2. The third kappa shape index (κ3) is 9.62. The number of esters is 1. The second kappa shape index (κ2) is 17.7. The number of aromatic hydroxyl groups is 2. The van der Waals surface area contributed by atoms with E-state index in [2.05, 4.69) is 20.6 Å². The number of ether oxygens (including phenoxy) is 4. The van der Waals surface area contributed by atoms with Crippen molar-refractivity contribution in [1.29, 1.82) is 0 Å². The number of anilines is 1. The van der Waals surface area contributed by atoms with E-state index in [1.165, 1.54) is 27.4 Å². The third-order valence-corrected chi connectivity index (χ3v) is 8.17. The molecule has 2 aromatic carbocycles. The van der Waals surface area contributed by atoms with Gasteiger partial charge in [0.05, 0.1) is 27.4 Å². The number of methoxy groups -OCH3 is 3. The Morgan fingerprint density at radius 3 is 2.37 bits per heavy atom. The molecule has 0 spiro atoms. The van der Waals surface area contributed by atoms with E-state index in [0.717, 1.165) is 0 Å². The van der Waals surface area contributed by atoms with Gasteiger partial charge in [0.2, 0.25) is 17.6 Å². The smallest absolute Gasteiger partial charge is 0.342 e. The molecule has 262 valence electrons. The van der Waals surface area contributed by atoms with E-state index in [-0.39, 0.29) is 41.2 Å². The number of aromatic nitrogens is 2. The molecule has 1 unspecified atom stereocenters. The molecule has 4 rings (SSSR count). The summed E-state index contributed by atoms with van der Waals surface area (Å²) in [6.07, 6.45) is 8.88. The normalized spacial score (nSPS) is 16.7. The molecular weight excluding hydrogens is 632 g/mol. The van der Waals surface area contributed by atoms with Gasteiger partial charge in [-0.15, -0.1) is 0 Å². The van der Waals surface area contributed by atoms with Crippen molar-refractivity contribution < 1.29 is 43.5 Å². The van der Waals surface area contributed by atoms with Gasteiger partial charge in [-0.25, -0.2) is 14.8 Å². The van der Waals surface area contributed by atoms with Crippen LogP contribution in [-0.2, 0) is 14.3 Å². The van der Waals surface area contributed by atoms with E-state index in [0.29, 0.717) is 73.8 Å². The van der Waals surface area contributed by atoms with Gasteiger partial charge in [0.1, 0.15) is 22.8 Å². The van der Waals surface area contributed by atoms with Gasteiger partial charge in [0.25, 0.3) is 0 Å². The maximum atomic E-state index is 13.7. The van der Waals surface area contributed by atoms with E-state index < -0.39 is 29.6 Å². The average Bonchev–Trinajstić information content (AvgIpc) is 3.08. The van der Waals surface area contributed by atoms with Crippen LogP contribution < -0.4 is 24.8 Å². The molecule has 0 aliphatic carbocycles. The third-order valence-electron chi connectivity index (χ3n) is 8.17. The molecule has 3 aromatic rings. The molecule has 1 amide bonds. The highest BCUT2D eigenvalue weighted by Gasteiger charge is 2.32. The van der Waals surface area contributed by atoms with Gasteiger partial charge in [-0.2, -0.15) is 0 Å². The highest BCUT2D eigenvalue weighted by atomic mass is 16.5. The van der Waals surface area contributed by atoms with Gasteiger partial charge in [-0.05, 0) is 68.0 Å². The number of ketones is 1. The number of allylic oxidation sites excluding steroid dienone is 1. The Hall–Kier alpha value is -5.33. The lowest BCUT2D eigenvalue weighted by Gasteiger charge is -2.24. The summed E-state index contributed by atoms with van der Waals surface area (Å²) in [6.45, 7) is 2.29. The Bertz CT molecular complexity index is 1620. The number of rotatable bonds is 11. The van der Waals surface area contributed by atoms with Gasteiger partial charge >= 0.3 is 5.97 Å². The maximum absolute atomic E-state index is 13.7. The number of carbonyl (C=O) groups excluding carboxylic acids is 3. The Labute approximate surface area is 285 Å². The Morgan fingerprint density at radius 2 is 1.69 bits per heavy atom. The number of amides is 1. The van der Waals surface area contributed by atoms with E-state index in [1.54, 1.807) is 49.7 Å². The molecule has 2 atom stereocenters. The zero-order chi connectivity index (χ0) is 35.3. The van der Waals surface area contributed by atoms with Crippen molar-refractivity contribution in [2.24, 2.45) is 0 Å². The standard InChI is InChI=1S/C36H44N4O9/c1-22-10-8-13-25(41)12-7-5-6-11-23-18-27(42)32(33(44)31(23)35(45)49-22)26(24-19-28(46-2)34(48-4)29(20-24)47-3)21-30(43)37-16-17-40-36-38-14-9-15-39-36/h6,9,11,14-15,18-20,22,26,42,44H,5,7-8,10,12-13,16-17,21H2,1-4H3,(H,37,43)(H,38,39,40)/b11-6+/t22-,26?/m0/s1. The van der Waals surface area contributed by atoms with Crippen molar-refractivity contribution in [3.05, 3.63) is 65.0 Å². The number of benzene rings is 2. The fourth-order valence-corrected chi connectivity index (χ4v) is 5.73. The largest absolute Gasteiger partial charge is 0.507 e. The van der Waals surface area contributed by atoms with Gasteiger partial charge in [0, 0.05) is 56.2 Å². The number of hydrogen-bond donors (Lipinski definition) is 4. The van der Waals surface area contributed by atoms with Crippen molar-refractivity contribution >= 4 is 29.7 Å². The van der Waals surface area contributed by atoms with Gasteiger partial charge in [-0.3, -0.25) is 9.59 Å². The van der Waals surface area contributed by atoms with E-state index in [9.17, 15) is 24.6 Å². The maximum Gasteiger partial charge on any atom is 0.342 e. The molecule has 13 heteroatoms. The lowest BCUT2D eigenvalue weighted by Crippen LogP contribution is -2.30. The minimum absolute atomic E-state index is 0.0521. The molecule has 4 N–H and O–H groups in total. The fourth-order valence-electron chi connectivity index (χ4n) is 5.73. The van der Waals surface area contributed by atoms with E-state index in [1.807, 2.05) is 0 Å². The molecule has 0 fully saturated rings. The predicted octanol–water partition coefficient (Wildman–Crippen LogP) is 5.15. The number of phenolic OH excluding ortho intramolecular Hbond substituents is 2. The van der Waals surface area contributed by atoms with Crippen LogP contribution >= 0.6 is 0 Å². The summed E-state index contributed by atoms with van der Waals surface area (Å²) in [4.78, 5) is 47.5. The minimum Gasteiger partial charge on any atom is -0.507 e. The van der Waals surface area contributed by atoms with Gasteiger partial charge in [-0.1, -0.05) is 12.2 Å². The number of carbonyl (C=O) groups is 3. The van der Waals surface area contributed by atoms with Crippen LogP contribution in [0, 0.1) is 0 Å². The topological polar surface area (TPSA) is 178 Å². The molecule has 0 saturated carbocycles. The number of cyclic esters (lactones) is 1. The summed E-state index contributed by atoms with van der Waals surface area (Å²) in [6, 6.07) is 6.32. The molecule has 1 aliphatic rings. The van der Waals surface area contributed by atoms with Crippen LogP contribution in [0.1, 0.15) is 84.8 Å². The van der Waals surface area contributed by atoms with Crippen LogP contribution in [0.4, 0.5) is 5.95 Å². The SMILES string of the molecule is COc1cc(C(CC(=O)NCCNc2ncccn2)c2c(O)cc3c(c2O)C(=O)O[C@@H](C)CCCC(=O)CCC/C=C/3)cc(OC)c1OC. The molecule has 0 radical (unpaired) electrons. The molecule has 1 aromatic heterocycles. The van der Waals surface area contributed by atoms with E-state index >= 15 is 0 Å². The first-order chi connectivity index (χ1) is 23.7. The summed E-state index contributed by atoms with van der Waals surface area (Å²) in [5.74, 6) is -1.58. The number of fused-ring (bicyclic) bond motifs is 1. The van der Waals surface area contributed by atoms with Crippen molar-refractivity contribution in [1.82, 2.24) is 15.3 Å². The molecular formula is C36H44N4O9. The van der Waals surface area contributed by atoms with Gasteiger partial charge in [0.15, 0.2) is 11.5 Å². The van der Waals surface area contributed by atoms with Crippen LogP contribution in [0.5, 0.6) is 28.7 Å². The number of nitrogens with zero attached hydrogens (tertiary/aromatic N) is 2. The fraction of sp³-hybridized carbons (Fsp3) is 0.417. The van der Waals surface area contributed by atoms with Crippen LogP contribution in [0.25, 0.3) is 6.08 Å². The summed E-state index contributed by atoms with van der Waals surface area (Å²) in [5, 5.41) is 29.2. The molecule has 0 saturated heterocycles. The number of phenols is 2. The molecule has 0 bridgehead atoms. The minimum atomic E-state index is -0.988. The van der Waals surface area contributed by atoms with E-state index in [4.69, 9.17) is 18.9 Å². The first kappa shape index (κ1) is 36.5. The molecule has 1 aliphatic heterocycles. The lowest BCUT2D eigenvalue weighted by atomic mass is 9.84. The average molecular weight is 677 g/mol. The number of Topliss-reactive ketones (excluding diaryl/α,β-unsaturated/α-hetero) is 1. The second-order valence-electron chi connectivity index (χ2n) is 11.6. The summed E-state index contributed by atoms with van der Waals surface area (Å²) in [5.41, 5.74) is 0.480. The van der Waals surface area contributed by atoms with Crippen molar-refractivity contribution in [3.8, 4) is 28.7 Å². The monoisotopic (exact) mass is 676 g/mol. The second-order valence-corrected chi connectivity index (χ2v) is 11.6. The number of hydrogen-bond acceptors (Lipinski definition) is 12. The summed E-state index contributed by atoms with van der Waals surface area (Å²) < 4.78 is 22.3. The van der Waals surface area contributed by atoms with Crippen molar-refractivity contribution in [3.63, 3.8) is 0 Å². The highest BCUT2D eigenvalue weighted by Crippen LogP contribution is 2.47. The van der Waals surface area contributed by atoms with Crippen molar-refractivity contribution in [2.75, 3.05) is 39.7 Å². The Morgan fingerprint density at radius 1 is 1.00 bits per heavy atom. The summed E-state index contributed by atoms with van der Waals surface area (Å²) >= 11 is 0. The highest BCUT2D eigenvalue weighted by molar-refractivity contribution is 5.98. The summed E-state index contributed by atoms with van der Waals surface area (Å²) in [7, 11) is 4.36. The molecule has 49 heavy (non-hydrogen) atoms. The lowest BCUT2D eigenvalue weighted by molar-refractivity contribution is -0.121. The van der Waals surface area contributed by atoms with Crippen LogP contribution in [0.2, 0.25) is 0 Å². The zero-order valence-corrected chi connectivity index (χ0v) is 28.3. The Kier molecular flexibility index (Phi) is 13.2. The quantitative estimate of drug-likeness (QED) is 0.155. The Balaban J connectivity index is 1.77. The van der Waals surface area contributed by atoms with Crippen LogP contribution in [-0.4, -0.2) is 78.4 Å². The van der Waals surface area contributed by atoms with Crippen molar-refractivity contribution in [2.45, 2.75) is 63.9 Å². The molecule has 13 nitrogen and oxygen atoms in total. The predicted molar refractivity (Wildman–Crippen MR) is 182 cm³/mol. The van der Waals surface area contributed by atoms with Gasteiger partial charge < -0.3 is 39.8 Å². The zero-order valence-electron chi connectivity index (χ0n) is 28.3. The van der Waals surface area contributed by atoms with Crippen LogP contribution in [0.15, 0.2) is 42.7 Å². The first-order valence-electron chi connectivity index (χ1n) is 16.2. The molecule has 2 heterocycles.